The van der Waals surface area contributed by atoms with Crippen LogP contribution in [0.5, 0.6) is 0 Å². The number of hydrogen-bond donors (Lipinski definition) is 1. The lowest BCUT2D eigenvalue weighted by molar-refractivity contribution is 0.509. The fourth-order valence-electron chi connectivity index (χ4n) is 2.02. The van der Waals surface area contributed by atoms with E-state index in [1.165, 1.54) is 5.56 Å². The third kappa shape index (κ3) is 3.34. The SMILES string of the molecule is CC(C)c1cccc(NCc2ncnn2C(C)C)c1. The summed E-state index contributed by atoms with van der Waals surface area (Å²) >= 11 is 0. The molecular formula is C15H22N4. The van der Waals surface area contributed by atoms with E-state index < -0.39 is 0 Å². The molecule has 0 amide bonds. The Morgan fingerprint density at radius 3 is 2.68 bits per heavy atom. The monoisotopic (exact) mass is 258 g/mol. The van der Waals surface area contributed by atoms with Crippen LogP contribution in [0.25, 0.3) is 0 Å². The summed E-state index contributed by atoms with van der Waals surface area (Å²) < 4.78 is 1.94. The molecule has 102 valence electrons. The van der Waals surface area contributed by atoms with E-state index in [0.29, 0.717) is 18.5 Å². The molecule has 0 radical (unpaired) electrons. The molecule has 0 aliphatic rings. The van der Waals surface area contributed by atoms with Gasteiger partial charge < -0.3 is 5.32 Å². The van der Waals surface area contributed by atoms with Crippen molar-refractivity contribution in [3.63, 3.8) is 0 Å². The van der Waals surface area contributed by atoms with Crippen LogP contribution >= 0.6 is 0 Å². The summed E-state index contributed by atoms with van der Waals surface area (Å²) in [5.74, 6) is 1.51. The van der Waals surface area contributed by atoms with Gasteiger partial charge in [-0.3, -0.25) is 0 Å². The van der Waals surface area contributed by atoms with Gasteiger partial charge in [-0.15, -0.1) is 0 Å². The van der Waals surface area contributed by atoms with Gasteiger partial charge in [0.25, 0.3) is 0 Å². The molecule has 0 bridgehead atoms. The van der Waals surface area contributed by atoms with Crippen molar-refractivity contribution in [1.29, 1.82) is 0 Å². The lowest BCUT2D eigenvalue weighted by Gasteiger charge is -2.12. The van der Waals surface area contributed by atoms with Gasteiger partial charge in [-0.25, -0.2) is 9.67 Å². The van der Waals surface area contributed by atoms with Gasteiger partial charge in [-0.1, -0.05) is 26.0 Å². The number of aromatic nitrogens is 3. The molecule has 4 nitrogen and oxygen atoms in total. The summed E-state index contributed by atoms with van der Waals surface area (Å²) in [5, 5.41) is 7.65. The molecule has 1 aromatic carbocycles. The van der Waals surface area contributed by atoms with Crippen molar-refractivity contribution in [2.45, 2.75) is 46.2 Å². The summed E-state index contributed by atoms with van der Waals surface area (Å²) in [7, 11) is 0. The first-order valence-electron chi connectivity index (χ1n) is 6.80. The molecule has 1 aromatic heterocycles. The van der Waals surface area contributed by atoms with Gasteiger partial charge in [0.15, 0.2) is 0 Å². The summed E-state index contributed by atoms with van der Waals surface area (Å²) in [6.07, 6.45) is 1.61. The molecule has 4 heteroatoms. The fourth-order valence-corrected chi connectivity index (χ4v) is 2.02. The van der Waals surface area contributed by atoms with Crippen molar-refractivity contribution in [2.75, 3.05) is 5.32 Å². The Bertz CT molecular complexity index is 528. The molecule has 0 saturated heterocycles. The Labute approximate surface area is 114 Å². The summed E-state index contributed by atoms with van der Waals surface area (Å²) in [6.45, 7) is 9.32. The van der Waals surface area contributed by atoms with Crippen LogP contribution in [0.2, 0.25) is 0 Å². The van der Waals surface area contributed by atoms with E-state index in [2.05, 4.69) is 67.4 Å². The largest absolute Gasteiger partial charge is 0.378 e. The zero-order valence-electron chi connectivity index (χ0n) is 12.1. The van der Waals surface area contributed by atoms with E-state index in [-0.39, 0.29) is 0 Å². The predicted molar refractivity (Wildman–Crippen MR) is 78.3 cm³/mol. The van der Waals surface area contributed by atoms with Gasteiger partial charge in [-0.05, 0) is 37.5 Å². The van der Waals surface area contributed by atoms with Gasteiger partial charge in [0.05, 0.1) is 6.54 Å². The van der Waals surface area contributed by atoms with E-state index in [1.54, 1.807) is 6.33 Å². The van der Waals surface area contributed by atoms with Crippen LogP contribution < -0.4 is 5.32 Å². The highest BCUT2D eigenvalue weighted by atomic mass is 15.3. The number of benzene rings is 1. The molecule has 0 spiro atoms. The van der Waals surface area contributed by atoms with Crippen LogP contribution in [0.15, 0.2) is 30.6 Å². The third-order valence-electron chi connectivity index (χ3n) is 3.14. The van der Waals surface area contributed by atoms with Crippen LogP contribution in [-0.4, -0.2) is 14.8 Å². The summed E-state index contributed by atoms with van der Waals surface area (Å²) in [5.41, 5.74) is 2.47. The standard InChI is InChI=1S/C15H22N4/c1-11(2)13-6-5-7-14(8-13)16-9-15-17-10-18-19(15)12(3)4/h5-8,10-12,16H,9H2,1-4H3. The highest BCUT2D eigenvalue weighted by molar-refractivity contribution is 5.46. The van der Waals surface area contributed by atoms with E-state index in [9.17, 15) is 0 Å². The molecule has 0 fully saturated rings. The van der Waals surface area contributed by atoms with Crippen LogP contribution in [0.3, 0.4) is 0 Å². The van der Waals surface area contributed by atoms with Crippen molar-refractivity contribution in [3.05, 3.63) is 42.0 Å². The number of nitrogens with one attached hydrogen (secondary N) is 1. The minimum Gasteiger partial charge on any atom is -0.378 e. The first-order valence-corrected chi connectivity index (χ1v) is 6.80. The second-order valence-electron chi connectivity index (χ2n) is 5.35. The van der Waals surface area contributed by atoms with E-state index in [0.717, 1.165) is 11.5 Å². The highest BCUT2D eigenvalue weighted by Gasteiger charge is 2.07. The van der Waals surface area contributed by atoms with E-state index >= 15 is 0 Å². The lowest BCUT2D eigenvalue weighted by atomic mass is 10.0. The molecule has 19 heavy (non-hydrogen) atoms. The van der Waals surface area contributed by atoms with E-state index in [1.807, 2.05) is 4.68 Å². The molecular weight excluding hydrogens is 236 g/mol. The third-order valence-corrected chi connectivity index (χ3v) is 3.14. The number of hydrogen-bond acceptors (Lipinski definition) is 3. The zero-order valence-corrected chi connectivity index (χ0v) is 12.1. The highest BCUT2D eigenvalue weighted by Crippen LogP contribution is 2.19. The second kappa shape index (κ2) is 5.87. The number of rotatable bonds is 5. The van der Waals surface area contributed by atoms with Gasteiger partial charge in [0, 0.05) is 11.7 Å². The first kappa shape index (κ1) is 13.6. The summed E-state index contributed by atoms with van der Waals surface area (Å²) in [4.78, 5) is 4.30. The van der Waals surface area contributed by atoms with Crippen molar-refractivity contribution >= 4 is 5.69 Å². The molecule has 1 heterocycles. The zero-order chi connectivity index (χ0) is 13.8. The van der Waals surface area contributed by atoms with Gasteiger partial charge in [0.2, 0.25) is 0 Å². The quantitative estimate of drug-likeness (QED) is 0.891. The van der Waals surface area contributed by atoms with Crippen molar-refractivity contribution in [3.8, 4) is 0 Å². The van der Waals surface area contributed by atoms with Crippen molar-refractivity contribution < 1.29 is 0 Å². The molecule has 2 rings (SSSR count). The van der Waals surface area contributed by atoms with Gasteiger partial charge in [-0.2, -0.15) is 5.10 Å². The maximum Gasteiger partial charge on any atom is 0.146 e. The minimum atomic E-state index is 0.335. The Morgan fingerprint density at radius 2 is 2.00 bits per heavy atom. The molecule has 1 N–H and O–H groups in total. The maximum atomic E-state index is 4.30. The number of nitrogens with zero attached hydrogens (tertiary/aromatic N) is 3. The topological polar surface area (TPSA) is 42.7 Å². The van der Waals surface area contributed by atoms with E-state index in [4.69, 9.17) is 0 Å². The molecule has 0 saturated carbocycles. The van der Waals surface area contributed by atoms with Gasteiger partial charge in [0.1, 0.15) is 12.2 Å². The lowest BCUT2D eigenvalue weighted by Crippen LogP contribution is -2.12. The average Bonchev–Trinajstić information content (AvgIpc) is 2.85. The Morgan fingerprint density at radius 1 is 1.21 bits per heavy atom. The van der Waals surface area contributed by atoms with Gasteiger partial charge >= 0.3 is 0 Å². The average molecular weight is 258 g/mol. The normalized spacial score (nSPS) is 11.3. The van der Waals surface area contributed by atoms with Crippen LogP contribution in [0.1, 0.15) is 51.0 Å². The molecule has 0 unspecified atom stereocenters. The first-order chi connectivity index (χ1) is 9.08. The number of anilines is 1. The van der Waals surface area contributed by atoms with Crippen LogP contribution in [0, 0.1) is 0 Å². The smallest absolute Gasteiger partial charge is 0.146 e. The predicted octanol–water partition coefficient (Wildman–Crippen LogP) is 3.59. The Balaban J connectivity index is 2.06. The van der Waals surface area contributed by atoms with Crippen LogP contribution in [0.4, 0.5) is 5.69 Å². The molecule has 2 aromatic rings. The van der Waals surface area contributed by atoms with Crippen LogP contribution in [-0.2, 0) is 6.54 Å². The fraction of sp³-hybridized carbons (Fsp3) is 0.467. The summed E-state index contributed by atoms with van der Waals surface area (Å²) in [6, 6.07) is 8.86. The second-order valence-corrected chi connectivity index (χ2v) is 5.35. The molecule has 0 aliphatic carbocycles. The van der Waals surface area contributed by atoms with Crippen molar-refractivity contribution in [1.82, 2.24) is 14.8 Å². The van der Waals surface area contributed by atoms with Crippen molar-refractivity contribution in [2.24, 2.45) is 0 Å². The Hall–Kier alpha value is -1.84. The Kier molecular flexibility index (Phi) is 4.20. The molecule has 0 aliphatic heterocycles. The maximum absolute atomic E-state index is 4.30. The minimum absolute atomic E-state index is 0.335. The molecule has 0 atom stereocenters.